The van der Waals surface area contributed by atoms with Gasteiger partial charge in [0.2, 0.25) is 0 Å². The van der Waals surface area contributed by atoms with Gasteiger partial charge < -0.3 is 0 Å². The molecule has 16 heavy (non-hydrogen) atoms. The minimum Gasteiger partial charge on any atom is -0.276 e. The van der Waals surface area contributed by atoms with Crippen LogP contribution in [0.25, 0.3) is 0 Å². The summed E-state index contributed by atoms with van der Waals surface area (Å²) in [6, 6.07) is 2.04. The van der Waals surface area contributed by atoms with Crippen LogP contribution in [0.3, 0.4) is 0 Å². The number of hydrogen-bond donors (Lipinski definition) is 0. The predicted molar refractivity (Wildman–Crippen MR) is 74.8 cm³/mol. The lowest BCUT2D eigenvalue weighted by Crippen LogP contribution is -2.22. The van der Waals surface area contributed by atoms with Crippen molar-refractivity contribution in [2.75, 3.05) is 37.1 Å². The Labute approximate surface area is 119 Å². The maximum Gasteiger partial charge on any atom is 0.0747 e. The SMILES string of the molecule is ClCN(CCl)CCCCCCN(CCl)CCl. The van der Waals surface area contributed by atoms with Crippen LogP contribution < -0.4 is 0 Å². The fraction of sp³-hybridized carbons (Fsp3) is 1.00. The van der Waals surface area contributed by atoms with Crippen LogP contribution in [0.1, 0.15) is 25.7 Å². The van der Waals surface area contributed by atoms with Crippen LogP contribution in [-0.2, 0) is 0 Å². The Morgan fingerprint density at radius 1 is 0.500 bits per heavy atom. The molecule has 6 heteroatoms. The van der Waals surface area contributed by atoms with Gasteiger partial charge in [-0.15, -0.1) is 46.4 Å². The highest BCUT2D eigenvalue weighted by atomic mass is 35.5. The molecule has 2 nitrogen and oxygen atoms in total. The first-order chi connectivity index (χ1) is 7.78. The normalized spacial score (nSPS) is 11.6. The van der Waals surface area contributed by atoms with Crippen molar-refractivity contribution >= 4 is 46.4 Å². The van der Waals surface area contributed by atoms with Crippen molar-refractivity contribution in [3.05, 3.63) is 0 Å². The van der Waals surface area contributed by atoms with Crippen molar-refractivity contribution in [2.24, 2.45) is 0 Å². The van der Waals surface area contributed by atoms with E-state index in [1.165, 1.54) is 12.8 Å². The molecule has 0 aliphatic heterocycles. The van der Waals surface area contributed by atoms with Crippen molar-refractivity contribution in [1.82, 2.24) is 9.80 Å². The molecular formula is C10H20Cl4N2. The zero-order valence-corrected chi connectivity index (χ0v) is 12.5. The molecule has 0 unspecified atom stereocenters. The molecule has 0 saturated heterocycles. The van der Waals surface area contributed by atoms with E-state index in [0.717, 1.165) is 25.9 Å². The van der Waals surface area contributed by atoms with Gasteiger partial charge in [-0.1, -0.05) is 12.8 Å². The first-order valence-electron chi connectivity index (χ1n) is 5.47. The van der Waals surface area contributed by atoms with Crippen LogP contribution in [0, 0.1) is 0 Å². The lowest BCUT2D eigenvalue weighted by Gasteiger charge is -2.16. The van der Waals surface area contributed by atoms with E-state index < -0.39 is 0 Å². The lowest BCUT2D eigenvalue weighted by atomic mass is 10.2. The number of halogens is 4. The number of nitrogens with zero attached hydrogens (tertiary/aromatic N) is 2. The number of hydrogen-bond acceptors (Lipinski definition) is 2. The predicted octanol–water partition coefficient (Wildman–Crippen LogP) is 3.94. The maximum atomic E-state index is 5.69. The fourth-order valence-corrected chi connectivity index (χ4v) is 2.32. The van der Waals surface area contributed by atoms with E-state index in [1.807, 2.05) is 9.80 Å². The van der Waals surface area contributed by atoms with Crippen molar-refractivity contribution in [2.45, 2.75) is 25.7 Å². The molecule has 0 fully saturated rings. The van der Waals surface area contributed by atoms with E-state index in [4.69, 9.17) is 46.4 Å². The summed E-state index contributed by atoms with van der Waals surface area (Å²) in [4.78, 5) is 4.01. The Bertz CT molecular complexity index is 125. The van der Waals surface area contributed by atoms with Crippen molar-refractivity contribution in [1.29, 1.82) is 0 Å². The van der Waals surface area contributed by atoms with E-state index in [0.29, 0.717) is 24.0 Å². The molecule has 0 aliphatic rings. The molecule has 98 valence electrons. The van der Waals surface area contributed by atoms with Crippen LogP contribution in [0.4, 0.5) is 0 Å². The van der Waals surface area contributed by atoms with Gasteiger partial charge >= 0.3 is 0 Å². The third kappa shape index (κ3) is 9.15. The molecule has 0 N–H and O–H groups in total. The largest absolute Gasteiger partial charge is 0.276 e. The quantitative estimate of drug-likeness (QED) is 0.324. The zero-order chi connectivity index (χ0) is 12.2. The molecular weight excluding hydrogens is 290 g/mol. The Kier molecular flexibility index (Phi) is 13.4. The summed E-state index contributed by atoms with van der Waals surface area (Å²) in [7, 11) is 0. The van der Waals surface area contributed by atoms with Gasteiger partial charge in [-0.05, 0) is 12.8 Å². The van der Waals surface area contributed by atoms with Crippen LogP contribution in [0.2, 0.25) is 0 Å². The van der Waals surface area contributed by atoms with E-state index in [1.54, 1.807) is 0 Å². The summed E-state index contributed by atoms with van der Waals surface area (Å²) in [5.74, 6) is 0. The highest BCUT2D eigenvalue weighted by Gasteiger charge is 2.02. The van der Waals surface area contributed by atoms with Gasteiger partial charge in [0.1, 0.15) is 0 Å². The summed E-state index contributed by atoms with van der Waals surface area (Å²) in [6.07, 6.45) is 4.67. The average Bonchev–Trinajstić information content (AvgIpc) is 2.33. The van der Waals surface area contributed by atoms with Gasteiger partial charge in [-0.3, -0.25) is 9.80 Å². The molecule has 0 amide bonds. The Morgan fingerprint density at radius 2 is 0.812 bits per heavy atom. The summed E-state index contributed by atoms with van der Waals surface area (Å²) < 4.78 is 0. The van der Waals surface area contributed by atoms with Crippen LogP contribution in [0.5, 0.6) is 0 Å². The fourth-order valence-electron chi connectivity index (χ4n) is 1.33. The van der Waals surface area contributed by atoms with Gasteiger partial charge in [0.25, 0.3) is 0 Å². The third-order valence-corrected chi connectivity index (χ3v) is 3.73. The van der Waals surface area contributed by atoms with Gasteiger partial charge in [-0.2, -0.15) is 0 Å². The second-order valence-corrected chi connectivity index (χ2v) is 4.64. The average molecular weight is 310 g/mol. The van der Waals surface area contributed by atoms with E-state index >= 15 is 0 Å². The summed E-state index contributed by atoms with van der Waals surface area (Å²) >= 11 is 22.8. The molecule has 0 bridgehead atoms. The number of unbranched alkanes of at least 4 members (excludes halogenated alkanes) is 3. The van der Waals surface area contributed by atoms with Crippen molar-refractivity contribution in [3.8, 4) is 0 Å². The lowest BCUT2D eigenvalue weighted by molar-refractivity contribution is 0.339. The molecule has 0 saturated carbocycles. The molecule has 0 radical (unpaired) electrons. The number of rotatable bonds is 11. The molecule has 0 rings (SSSR count). The van der Waals surface area contributed by atoms with Crippen LogP contribution >= 0.6 is 46.4 Å². The standard InChI is InChI=1S/C10H20Cl4N2/c11-7-15(8-12)5-3-1-2-4-6-16(9-13)10-14/h1-10H2. The summed E-state index contributed by atoms with van der Waals surface area (Å²) in [5, 5.41) is 0. The van der Waals surface area contributed by atoms with Crippen molar-refractivity contribution in [3.63, 3.8) is 0 Å². The highest BCUT2D eigenvalue weighted by Crippen LogP contribution is 2.05. The molecule has 0 aromatic heterocycles. The molecule has 0 aliphatic carbocycles. The van der Waals surface area contributed by atoms with E-state index in [2.05, 4.69) is 0 Å². The van der Waals surface area contributed by atoms with Crippen LogP contribution in [-0.4, -0.2) is 46.9 Å². The molecule has 0 aromatic rings. The smallest absolute Gasteiger partial charge is 0.0747 e. The van der Waals surface area contributed by atoms with Crippen molar-refractivity contribution < 1.29 is 0 Å². The molecule has 0 aromatic carbocycles. The second kappa shape index (κ2) is 12.5. The second-order valence-electron chi connectivity index (χ2n) is 3.68. The third-order valence-electron chi connectivity index (χ3n) is 2.37. The van der Waals surface area contributed by atoms with E-state index in [-0.39, 0.29) is 0 Å². The minimum absolute atomic E-state index is 0.510. The summed E-state index contributed by atoms with van der Waals surface area (Å²) in [6.45, 7) is 1.95. The first kappa shape index (κ1) is 17.1. The van der Waals surface area contributed by atoms with Crippen LogP contribution in [0.15, 0.2) is 0 Å². The maximum absolute atomic E-state index is 5.69. The Balaban J connectivity index is 3.26. The monoisotopic (exact) mass is 308 g/mol. The Hall–Kier alpha value is 1.08. The Morgan fingerprint density at radius 3 is 1.06 bits per heavy atom. The minimum atomic E-state index is 0.510. The molecule has 0 atom stereocenters. The van der Waals surface area contributed by atoms with Gasteiger partial charge in [0.05, 0.1) is 24.0 Å². The van der Waals surface area contributed by atoms with E-state index in [9.17, 15) is 0 Å². The first-order valence-corrected chi connectivity index (χ1v) is 7.60. The van der Waals surface area contributed by atoms with Gasteiger partial charge in [0.15, 0.2) is 0 Å². The topological polar surface area (TPSA) is 6.48 Å². The molecule has 0 spiro atoms. The zero-order valence-electron chi connectivity index (χ0n) is 9.48. The number of alkyl halides is 4. The van der Waals surface area contributed by atoms with Gasteiger partial charge in [0, 0.05) is 13.1 Å². The summed E-state index contributed by atoms with van der Waals surface area (Å²) in [5.41, 5.74) is 0. The highest BCUT2D eigenvalue weighted by molar-refractivity contribution is 6.20. The van der Waals surface area contributed by atoms with Gasteiger partial charge in [-0.25, -0.2) is 0 Å². The molecule has 0 heterocycles.